The van der Waals surface area contributed by atoms with E-state index in [0.717, 1.165) is 29.8 Å². The van der Waals surface area contributed by atoms with Crippen LogP contribution < -0.4 is 10.2 Å². The average Bonchev–Trinajstić information content (AvgIpc) is 3.35. The van der Waals surface area contributed by atoms with Crippen molar-refractivity contribution < 1.29 is 9.53 Å². The first-order chi connectivity index (χ1) is 12.2. The molecule has 4 aliphatic heterocycles. The minimum atomic E-state index is -0.515. The third-order valence-electron chi connectivity index (χ3n) is 6.58. The Bertz CT molecular complexity index is 893. The summed E-state index contributed by atoms with van der Waals surface area (Å²) in [5.74, 6) is 0.352. The Morgan fingerprint density at radius 3 is 2.68 bits per heavy atom. The highest BCUT2D eigenvalue weighted by molar-refractivity contribution is 6.06. The van der Waals surface area contributed by atoms with E-state index in [1.165, 1.54) is 5.56 Å². The van der Waals surface area contributed by atoms with Gasteiger partial charge in [-0.3, -0.25) is 9.69 Å². The first-order valence-corrected chi connectivity index (χ1v) is 9.14. The third-order valence-corrected chi connectivity index (χ3v) is 6.58. The number of nitrogens with zero attached hydrogens (tertiary/aromatic N) is 1. The lowest BCUT2D eigenvalue weighted by Gasteiger charge is -2.39. The molecular formula is C21H20N2O2. The zero-order chi connectivity index (χ0) is 16.8. The summed E-state index contributed by atoms with van der Waals surface area (Å²) in [5, 5.41) is 3.76. The zero-order valence-corrected chi connectivity index (χ0v) is 14.1. The Kier molecular flexibility index (Phi) is 2.47. The van der Waals surface area contributed by atoms with Crippen molar-refractivity contribution in [2.75, 3.05) is 10.2 Å². The van der Waals surface area contributed by atoms with E-state index in [0.29, 0.717) is 0 Å². The molecule has 1 amide bonds. The average molecular weight is 332 g/mol. The SMILES string of the molecule is Cc1ccc(C23Nc4ccccc4N2C(=O)[C@H]2[C@@H]3[C@@H]3CC[C@H]2O3)cc1. The molecule has 126 valence electrons. The lowest BCUT2D eigenvalue weighted by Crippen LogP contribution is -2.51. The summed E-state index contributed by atoms with van der Waals surface area (Å²) in [6.07, 6.45) is 2.31. The van der Waals surface area contributed by atoms with Gasteiger partial charge in [0.1, 0.15) is 5.66 Å². The van der Waals surface area contributed by atoms with Gasteiger partial charge in [0, 0.05) is 5.92 Å². The van der Waals surface area contributed by atoms with E-state index in [9.17, 15) is 4.79 Å². The number of carbonyl (C=O) groups is 1. The lowest BCUT2D eigenvalue weighted by atomic mass is 9.73. The molecule has 4 heterocycles. The Hall–Kier alpha value is -2.33. The van der Waals surface area contributed by atoms with Gasteiger partial charge in [-0.05, 0) is 37.5 Å². The van der Waals surface area contributed by atoms with Gasteiger partial charge in [-0.2, -0.15) is 0 Å². The standard InChI is InChI=1S/C21H20N2O2/c1-12-6-8-13(9-7-12)21-19-17-11-10-16(25-17)18(19)20(24)23(21)15-5-3-2-4-14(15)22-21/h2-9,16-19,22H,10-11H2,1H3/t16-,17+,18-,19+,21?/m1/s1. The van der Waals surface area contributed by atoms with Gasteiger partial charge in [0.05, 0.1) is 29.5 Å². The number of para-hydroxylation sites is 2. The normalized spacial score (nSPS) is 37.0. The number of fused-ring (bicyclic) bond motifs is 9. The molecule has 1 unspecified atom stereocenters. The van der Waals surface area contributed by atoms with Gasteiger partial charge >= 0.3 is 0 Å². The molecule has 2 aromatic carbocycles. The van der Waals surface area contributed by atoms with Gasteiger partial charge in [0.25, 0.3) is 0 Å². The number of ether oxygens (including phenoxy) is 1. The molecule has 0 aliphatic carbocycles. The van der Waals surface area contributed by atoms with E-state index in [1.54, 1.807) is 0 Å². The molecule has 1 N–H and O–H groups in total. The summed E-state index contributed by atoms with van der Waals surface area (Å²) in [6.45, 7) is 2.10. The molecular weight excluding hydrogens is 312 g/mol. The molecule has 6 rings (SSSR count). The Morgan fingerprint density at radius 2 is 1.84 bits per heavy atom. The number of benzene rings is 2. The molecule has 25 heavy (non-hydrogen) atoms. The van der Waals surface area contributed by atoms with Crippen LogP contribution >= 0.6 is 0 Å². The van der Waals surface area contributed by atoms with Crippen molar-refractivity contribution in [2.24, 2.45) is 11.8 Å². The smallest absolute Gasteiger partial charge is 0.235 e. The number of carbonyl (C=O) groups excluding carboxylic acids is 1. The molecule has 3 saturated heterocycles. The van der Waals surface area contributed by atoms with Gasteiger partial charge in [-0.1, -0.05) is 42.0 Å². The Balaban J connectivity index is 1.62. The fourth-order valence-corrected chi connectivity index (χ4v) is 5.62. The Morgan fingerprint density at radius 1 is 1.08 bits per heavy atom. The summed E-state index contributed by atoms with van der Waals surface area (Å²) >= 11 is 0. The van der Waals surface area contributed by atoms with E-state index in [-0.39, 0.29) is 30.0 Å². The summed E-state index contributed by atoms with van der Waals surface area (Å²) in [7, 11) is 0. The van der Waals surface area contributed by atoms with Crippen molar-refractivity contribution >= 4 is 17.3 Å². The van der Waals surface area contributed by atoms with Crippen molar-refractivity contribution in [2.45, 2.75) is 37.6 Å². The highest BCUT2D eigenvalue weighted by atomic mass is 16.5. The van der Waals surface area contributed by atoms with Crippen molar-refractivity contribution in [3.8, 4) is 0 Å². The van der Waals surface area contributed by atoms with Crippen LogP contribution in [0.3, 0.4) is 0 Å². The second-order valence-electron chi connectivity index (χ2n) is 7.79. The molecule has 2 aromatic rings. The molecule has 0 aromatic heterocycles. The number of rotatable bonds is 1. The lowest BCUT2D eigenvalue weighted by molar-refractivity contribution is -0.122. The summed E-state index contributed by atoms with van der Waals surface area (Å²) in [6, 6.07) is 16.8. The number of anilines is 2. The minimum absolute atomic E-state index is 0.0269. The van der Waals surface area contributed by atoms with Gasteiger partial charge in [0.2, 0.25) is 5.91 Å². The summed E-state index contributed by atoms with van der Waals surface area (Å²) in [4.78, 5) is 15.5. The molecule has 0 spiro atoms. The molecule has 5 atom stereocenters. The maximum Gasteiger partial charge on any atom is 0.235 e. The van der Waals surface area contributed by atoms with E-state index in [1.807, 2.05) is 17.0 Å². The summed E-state index contributed by atoms with van der Waals surface area (Å²) in [5.41, 5.74) is 3.91. The zero-order valence-electron chi connectivity index (χ0n) is 14.1. The molecule has 4 aliphatic rings. The van der Waals surface area contributed by atoms with Crippen LogP contribution in [-0.2, 0) is 15.2 Å². The monoisotopic (exact) mass is 332 g/mol. The van der Waals surface area contributed by atoms with Crippen LogP contribution in [0.2, 0.25) is 0 Å². The van der Waals surface area contributed by atoms with Gasteiger partial charge in [-0.15, -0.1) is 0 Å². The number of hydrogen-bond acceptors (Lipinski definition) is 3. The third kappa shape index (κ3) is 1.50. The van der Waals surface area contributed by atoms with Crippen LogP contribution in [0.1, 0.15) is 24.0 Å². The second kappa shape index (κ2) is 4.44. The highest BCUT2D eigenvalue weighted by Gasteiger charge is 2.71. The van der Waals surface area contributed by atoms with Crippen LogP contribution in [0.25, 0.3) is 0 Å². The maximum absolute atomic E-state index is 13.5. The number of hydrogen-bond donors (Lipinski definition) is 1. The molecule has 3 fully saturated rings. The second-order valence-corrected chi connectivity index (χ2v) is 7.79. The molecule has 4 nitrogen and oxygen atoms in total. The van der Waals surface area contributed by atoms with E-state index < -0.39 is 5.66 Å². The predicted molar refractivity (Wildman–Crippen MR) is 95.3 cm³/mol. The Labute approximate surface area is 146 Å². The van der Waals surface area contributed by atoms with Crippen LogP contribution in [-0.4, -0.2) is 18.1 Å². The number of amides is 1. The van der Waals surface area contributed by atoms with Crippen LogP contribution in [0, 0.1) is 18.8 Å². The quantitative estimate of drug-likeness (QED) is 0.870. The van der Waals surface area contributed by atoms with Gasteiger partial charge < -0.3 is 10.1 Å². The van der Waals surface area contributed by atoms with Gasteiger partial charge in [-0.25, -0.2) is 0 Å². The topological polar surface area (TPSA) is 41.6 Å². The molecule has 4 heteroatoms. The van der Waals surface area contributed by atoms with Crippen molar-refractivity contribution in [1.82, 2.24) is 0 Å². The minimum Gasteiger partial charge on any atom is -0.374 e. The van der Waals surface area contributed by atoms with Crippen LogP contribution in [0.5, 0.6) is 0 Å². The van der Waals surface area contributed by atoms with E-state index >= 15 is 0 Å². The molecule has 2 bridgehead atoms. The highest BCUT2D eigenvalue weighted by Crippen LogP contribution is 2.63. The van der Waals surface area contributed by atoms with E-state index in [2.05, 4.69) is 48.6 Å². The number of nitrogens with one attached hydrogen (secondary N) is 1. The van der Waals surface area contributed by atoms with Crippen LogP contribution in [0.4, 0.5) is 11.4 Å². The van der Waals surface area contributed by atoms with Crippen molar-refractivity contribution in [3.63, 3.8) is 0 Å². The van der Waals surface area contributed by atoms with Crippen molar-refractivity contribution in [3.05, 3.63) is 59.7 Å². The fraction of sp³-hybridized carbons (Fsp3) is 0.381. The molecule has 0 radical (unpaired) electrons. The predicted octanol–water partition coefficient (Wildman–Crippen LogP) is 3.41. The largest absolute Gasteiger partial charge is 0.374 e. The van der Waals surface area contributed by atoms with Crippen LogP contribution in [0.15, 0.2) is 48.5 Å². The fourth-order valence-electron chi connectivity index (χ4n) is 5.62. The first-order valence-electron chi connectivity index (χ1n) is 9.14. The van der Waals surface area contributed by atoms with Crippen molar-refractivity contribution in [1.29, 1.82) is 0 Å². The first kappa shape index (κ1) is 13.9. The van der Waals surface area contributed by atoms with E-state index in [4.69, 9.17) is 4.74 Å². The summed E-state index contributed by atoms with van der Waals surface area (Å²) < 4.78 is 6.20. The maximum atomic E-state index is 13.5. The number of aryl methyl sites for hydroxylation is 1. The van der Waals surface area contributed by atoms with Gasteiger partial charge in [0.15, 0.2) is 0 Å². The molecule has 0 saturated carbocycles.